The number of ether oxygens (including phenoxy) is 1. The van der Waals surface area contributed by atoms with Gasteiger partial charge in [0.25, 0.3) is 0 Å². The number of nitrogens with one attached hydrogen (secondary N) is 1. The number of nitrogens with zero attached hydrogens (tertiary/aromatic N) is 4. The van der Waals surface area contributed by atoms with Crippen LogP contribution in [0.25, 0.3) is 33.6 Å². The predicted molar refractivity (Wildman–Crippen MR) is 128 cm³/mol. The molecule has 0 radical (unpaired) electrons. The molecule has 5 aromatic rings. The zero-order chi connectivity index (χ0) is 23.5. The molecule has 5 rings (SSSR count). The second-order valence-electron chi connectivity index (χ2n) is 8.00. The molecule has 0 saturated carbocycles. The molecule has 0 aliphatic rings. The SMILES string of the molecule is Cc1cc(OCc2ccc(-c3ccccc3)c(-c3nn[nH]n3)c2)c(-c2ccc(F)cc2)c(C)n1. The van der Waals surface area contributed by atoms with E-state index in [4.69, 9.17) is 4.74 Å². The summed E-state index contributed by atoms with van der Waals surface area (Å²) in [7, 11) is 0. The first kappa shape index (κ1) is 21.5. The quantitative estimate of drug-likeness (QED) is 0.346. The molecule has 0 bridgehead atoms. The van der Waals surface area contributed by atoms with Crippen LogP contribution in [0.4, 0.5) is 4.39 Å². The zero-order valence-electron chi connectivity index (χ0n) is 18.8. The third-order valence-electron chi connectivity index (χ3n) is 5.57. The van der Waals surface area contributed by atoms with Gasteiger partial charge in [0.05, 0.1) is 0 Å². The van der Waals surface area contributed by atoms with Crippen LogP contribution in [-0.4, -0.2) is 25.6 Å². The summed E-state index contributed by atoms with van der Waals surface area (Å²) in [6.45, 7) is 4.19. The molecule has 0 unspecified atom stereocenters. The Morgan fingerprint density at radius 1 is 0.853 bits per heavy atom. The van der Waals surface area contributed by atoms with Crippen molar-refractivity contribution in [3.05, 3.63) is 102 Å². The van der Waals surface area contributed by atoms with Crippen LogP contribution in [-0.2, 0) is 6.61 Å². The third-order valence-corrected chi connectivity index (χ3v) is 5.57. The number of hydrogen-bond acceptors (Lipinski definition) is 5. The number of benzene rings is 3. The number of tetrazole rings is 1. The van der Waals surface area contributed by atoms with E-state index < -0.39 is 0 Å². The van der Waals surface area contributed by atoms with Gasteiger partial charge in [0.1, 0.15) is 18.2 Å². The van der Waals surface area contributed by atoms with Gasteiger partial charge in [-0.25, -0.2) is 4.39 Å². The first-order chi connectivity index (χ1) is 16.6. The maximum Gasteiger partial charge on any atom is 0.205 e. The van der Waals surface area contributed by atoms with Crippen LogP contribution in [0.15, 0.2) is 78.9 Å². The van der Waals surface area contributed by atoms with Crippen molar-refractivity contribution >= 4 is 0 Å². The van der Waals surface area contributed by atoms with Crippen molar-refractivity contribution in [2.45, 2.75) is 20.5 Å². The highest BCUT2D eigenvalue weighted by atomic mass is 19.1. The van der Waals surface area contributed by atoms with Gasteiger partial charge in [0.15, 0.2) is 0 Å². The third kappa shape index (κ3) is 4.41. The van der Waals surface area contributed by atoms with E-state index >= 15 is 0 Å². The van der Waals surface area contributed by atoms with Crippen LogP contribution in [0.5, 0.6) is 5.75 Å². The summed E-state index contributed by atoms with van der Waals surface area (Å²) in [6.07, 6.45) is 0. The maximum atomic E-state index is 13.5. The lowest BCUT2D eigenvalue weighted by atomic mass is 9.97. The standard InChI is InChI=1S/C27H22FN5O/c1-17-14-25(26(18(2)29-17)21-9-11-22(28)12-10-21)34-16-19-8-13-23(20-6-4-3-5-7-20)24(15-19)27-30-32-33-31-27/h3-15H,16H2,1-2H3,(H,30,31,32,33). The van der Waals surface area contributed by atoms with E-state index in [0.717, 1.165) is 44.8 Å². The van der Waals surface area contributed by atoms with Gasteiger partial charge >= 0.3 is 0 Å². The maximum absolute atomic E-state index is 13.5. The van der Waals surface area contributed by atoms with E-state index in [1.807, 2.05) is 68.4 Å². The topological polar surface area (TPSA) is 76.6 Å². The molecular formula is C27H22FN5O. The average Bonchev–Trinajstić information content (AvgIpc) is 3.39. The number of aromatic amines is 1. The number of H-pyrrole nitrogens is 1. The number of halogens is 1. The van der Waals surface area contributed by atoms with Crippen molar-refractivity contribution in [1.82, 2.24) is 25.6 Å². The van der Waals surface area contributed by atoms with Crippen molar-refractivity contribution in [2.75, 3.05) is 0 Å². The second kappa shape index (κ2) is 9.23. The highest BCUT2D eigenvalue weighted by Gasteiger charge is 2.15. The Bertz CT molecular complexity index is 1420. The molecule has 3 aromatic carbocycles. The summed E-state index contributed by atoms with van der Waals surface area (Å²) in [6, 6.07) is 24.4. The second-order valence-corrected chi connectivity index (χ2v) is 8.00. The van der Waals surface area contributed by atoms with Gasteiger partial charge in [0.2, 0.25) is 5.82 Å². The van der Waals surface area contributed by atoms with Gasteiger partial charge in [-0.1, -0.05) is 54.6 Å². The number of aryl methyl sites for hydroxylation is 2. The van der Waals surface area contributed by atoms with Gasteiger partial charge in [-0.2, -0.15) is 5.21 Å². The van der Waals surface area contributed by atoms with Crippen molar-refractivity contribution in [3.63, 3.8) is 0 Å². The number of pyridine rings is 1. The molecular weight excluding hydrogens is 429 g/mol. The van der Waals surface area contributed by atoms with Crippen LogP contribution < -0.4 is 4.74 Å². The number of aromatic nitrogens is 5. The Balaban J connectivity index is 1.50. The molecule has 2 aromatic heterocycles. The van der Waals surface area contributed by atoms with Crippen LogP contribution in [0, 0.1) is 19.7 Å². The molecule has 0 fully saturated rings. The summed E-state index contributed by atoms with van der Waals surface area (Å²) >= 11 is 0. The van der Waals surface area contributed by atoms with E-state index in [1.165, 1.54) is 12.1 Å². The fraction of sp³-hybridized carbons (Fsp3) is 0.111. The van der Waals surface area contributed by atoms with Crippen LogP contribution in [0.2, 0.25) is 0 Å². The molecule has 0 amide bonds. The van der Waals surface area contributed by atoms with E-state index in [1.54, 1.807) is 12.1 Å². The summed E-state index contributed by atoms with van der Waals surface area (Å²) in [5, 5.41) is 14.6. The first-order valence-corrected chi connectivity index (χ1v) is 10.9. The molecule has 2 heterocycles. The van der Waals surface area contributed by atoms with Crippen molar-refractivity contribution in [2.24, 2.45) is 0 Å². The molecule has 1 N–H and O–H groups in total. The van der Waals surface area contributed by atoms with Crippen molar-refractivity contribution in [3.8, 4) is 39.4 Å². The Morgan fingerprint density at radius 3 is 2.38 bits per heavy atom. The van der Waals surface area contributed by atoms with Crippen molar-refractivity contribution in [1.29, 1.82) is 0 Å². The first-order valence-electron chi connectivity index (χ1n) is 10.9. The molecule has 0 aliphatic heterocycles. The van der Waals surface area contributed by atoms with Crippen LogP contribution in [0.3, 0.4) is 0 Å². The average molecular weight is 452 g/mol. The summed E-state index contributed by atoms with van der Waals surface area (Å²) in [5.41, 5.74) is 7.28. The van der Waals surface area contributed by atoms with Gasteiger partial charge < -0.3 is 4.74 Å². The fourth-order valence-electron chi connectivity index (χ4n) is 4.05. The normalized spacial score (nSPS) is 10.9. The van der Waals surface area contributed by atoms with Gasteiger partial charge in [-0.15, -0.1) is 10.2 Å². The molecule has 0 aliphatic carbocycles. The number of hydrogen-bond donors (Lipinski definition) is 1. The molecule has 0 saturated heterocycles. The minimum atomic E-state index is -0.281. The largest absolute Gasteiger partial charge is 0.488 e. The van der Waals surface area contributed by atoms with Crippen LogP contribution in [0.1, 0.15) is 17.0 Å². The summed E-state index contributed by atoms with van der Waals surface area (Å²) in [5.74, 6) is 0.935. The van der Waals surface area contributed by atoms with Crippen LogP contribution >= 0.6 is 0 Å². The molecule has 0 spiro atoms. The summed E-state index contributed by atoms with van der Waals surface area (Å²) in [4.78, 5) is 4.58. The Labute approximate surface area is 196 Å². The van der Waals surface area contributed by atoms with Gasteiger partial charge in [0, 0.05) is 28.6 Å². The lowest BCUT2D eigenvalue weighted by Crippen LogP contribution is -2.02. The fourth-order valence-corrected chi connectivity index (χ4v) is 4.05. The Morgan fingerprint density at radius 2 is 1.65 bits per heavy atom. The monoisotopic (exact) mass is 451 g/mol. The Hall–Kier alpha value is -4.39. The molecule has 7 heteroatoms. The molecule has 0 atom stereocenters. The summed E-state index contributed by atoms with van der Waals surface area (Å²) < 4.78 is 19.8. The minimum absolute atomic E-state index is 0.281. The zero-order valence-corrected chi connectivity index (χ0v) is 18.8. The van der Waals surface area contributed by atoms with Crippen molar-refractivity contribution < 1.29 is 9.13 Å². The lowest BCUT2D eigenvalue weighted by molar-refractivity contribution is 0.307. The number of rotatable bonds is 6. The van der Waals surface area contributed by atoms with E-state index in [0.29, 0.717) is 18.2 Å². The minimum Gasteiger partial charge on any atom is -0.488 e. The van der Waals surface area contributed by atoms with E-state index in [2.05, 4.69) is 25.6 Å². The van der Waals surface area contributed by atoms with E-state index in [-0.39, 0.29) is 5.82 Å². The highest BCUT2D eigenvalue weighted by Crippen LogP contribution is 2.35. The predicted octanol–water partition coefficient (Wildman–Crippen LogP) is 5.93. The molecule has 34 heavy (non-hydrogen) atoms. The van der Waals surface area contributed by atoms with E-state index in [9.17, 15) is 4.39 Å². The van der Waals surface area contributed by atoms with Gasteiger partial charge in [-0.3, -0.25) is 4.98 Å². The van der Waals surface area contributed by atoms with Gasteiger partial charge in [-0.05, 0) is 59.5 Å². The Kier molecular flexibility index (Phi) is 5.82. The lowest BCUT2D eigenvalue weighted by Gasteiger charge is -2.16. The molecule has 6 nitrogen and oxygen atoms in total. The smallest absolute Gasteiger partial charge is 0.205 e. The highest BCUT2D eigenvalue weighted by molar-refractivity contribution is 5.81. The molecule has 168 valence electrons.